The highest BCUT2D eigenvalue weighted by atomic mass is 16.7. The third-order valence-electron chi connectivity index (χ3n) is 2.16. The zero-order valence-corrected chi connectivity index (χ0v) is 9.03. The van der Waals surface area contributed by atoms with Crippen LogP contribution in [0.5, 0.6) is 0 Å². The molecular formula is C11H19NO2. The first-order chi connectivity index (χ1) is 6.86. The molecule has 0 bridgehead atoms. The third kappa shape index (κ3) is 3.92. The van der Waals surface area contributed by atoms with E-state index in [1.807, 2.05) is 6.21 Å². The summed E-state index contributed by atoms with van der Waals surface area (Å²) in [5.41, 5.74) is 0. The SMILES string of the molecule is CCC/C=N\C1=CC(CC)COCO1. The van der Waals surface area contributed by atoms with Crippen molar-refractivity contribution in [2.45, 2.75) is 33.1 Å². The summed E-state index contributed by atoms with van der Waals surface area (Å²) in [7, 11) is 0. The molecule has 14 heavy (non-hydrogen) atoms. The van der Waals surface area contributed by atoms with Crippen molar-refractivity contribution in [2.24, 2.45) is 10.9 Å². The topological polar surface area (TPSA) is 30.8 Å². The maximum absolute atomic E-state index is 5.32. The summed E-state index contributed by atoms with van der Waals surface area (Å²) >= 11 is 0. The standard InChI is InChI=1S/C11H19NO2/c1-3-5-6-12-11-7-10(4-2)8-13-9-14-11/h6-7,10H,3-5,8-9H2,1-2H3/b12-6-. The van der Waals surface area contributed by atoms with E-state index in [4.69, 9.17) is 9.47 Å². The van der Waals surface area contributed by atoms with E-state index in [0.29, 0.717) is 18.6 Å². The molecule has 3 nitrogen and oxygen atoms in total. The smallest absolute Gasteiger partial charge is 0.211 e. The second-order valence-electron chi connectivity index (χ2n) is 3.41. The molecule has 1 unspecified atom stereocenters. The van der Waals surface area contributed by atoms with Gasteiger partial charge in [0.05, 0.1) is 6.61 Å². The Morgan fingerprint density at radius 2 is 2.43 bits per heavy atom. The number of hydrogen-bond donors (Lipinski definition) is 0. The fourth-order valence-electron chi connectivity index (χ4n) is 1.20. The van der Waals surface area contributed by atoms with Gasteiger partial charge in [-0.25, -0.2) is 4.99 Å². The Morgan fingerprint density at radius 3 is 3.14 bits per heavy atom. The van der Waals surface area contributed by atoms with Crippen molar-refractivity contribution in [1.29, 1.82) is 0 Å². The van der Waals surface area contributed by atoms with Gasteiger partial charge < -0.3 is 9.47 Å². The molecule has 0 N–H and O–H groups in total. The van der Waals surface area contributed by atoms with E-state index in [9.17, 15) is 0 Å². The molecule has 0 fully saturated rings. The summed E-state index contributed by atoms with van der Waals surface area (Å²) in [6.07, 6.45) is 7.14. The third-order valence-corrected chi connectivity index (χ3v) is 2.16. The second-order valence-corrected chi connectivity index (χ2v) is 3.41. The Kier molecular flexibility index (Phi) is 5.30. The molecule has 1 heterocycles. The molecule has 1 aliphatic rings. The van der Waals surface area contributed by atoms with Gasteiger partial charge in [0.1, 0.15) is 0 Å². The van der Waals surface area contributed by atoms with Crippen LogP contribution in [0.2, 0.25) is 0 Å². The molecule has 0 aliphatic carbocycles. The normalized spacial score (nSPS) is 23.0. The van der Waals surface area contributed by atoms with Gasteiger partial charge in [-0.15, -0.1) is 0 Å². The zero-order chi connectivity index (χ0) is 10.2. The molecule has 0 aromatic rings. The van der Waals surface area contributed by atoms with Gasteiger partial charge in [-0.1, -0.05) is 20.3 Å². The first-order valence-corrected chi connectivity index (χ1v) is 5.31. The Balaban J connectivity index is 2.50. The van der Waals surface area contributed by atoms with Gasteiger partial charge in [0.15, 0.2) is 6.79 Å². The molecule has 1 atom stereocenters. The van der Waals surface area contributed by atoms with E-state index < -0.39 is 0 Å². The van der Waals surface area contributed by atoms with Gasteiger partial charge in [0.25, 0.3) is 0 Å². The lowest BCUT2D eigenvalue weighted by molar-refractivity contribution is -0.0210. The van der Waals surface area contributed by atoms with Crippen LogP contribution in [0, 0.1) is 5.92 Å². The predicted molar refractivity (Wildman–Crippen MR) is 57.2 cm³/mol. The van der Waals surface area contributed by atoms with Gasteiger partial charge >= 0.3 is 0 Å². The molecule has 0 amide bonds. The van der Waals surface area contributed by atoms with Gasteiger partial charge in [-0.05, 0) is 18.9 Å². The van der Waals surface area contributed by atoms with E-state index in [2.05, 4.69) is 24.9 Å². The number of nitrogens with zero attached hydrogens (tertiary/aromatic N) is 1. The van der Waals surface area contributed by atoms with Crippen LogP contribution in [0.15, 0.2) is 17.0 Å². The highest BCUT2D eigenvalue weighted by Gasteiger charge is 2.10. The molecule has 1 rings (SSSR count). The molecule has 3 heteroatoms. The fraction of sp³-hybridized carbons (Fsp3) is 0.727. The van der Waals surface area contributed by atoms with Crippen LogP contribution in [0.25, 0.3) is 0 Å². The van der Waals surface area contributed by atoms with E-state index >= 15 is 0 Å². The Labute approximate surface area is 85.8 Å². The minimum Gasteiger partial charge on any atom is -0.451 e. The van der Waals surface area contributed by atoms with Crippen LogP contribution in [-0.4, -0.2) is 19.6 Å². The van der Waals surface area contributed by atoms with Crippen molar-refractivity contribution in [3.63, 3.8) is 0 Å². The van der Waals surface area contributed by atoms with Gasteiger partial charge in [-0.3, -0.25) is 0 Å². The van der Waals surface area contributed by atoms with E-state index in [1.54, 1.807) is 0 Å². The second kappa shape index (κ2) is 6.60. The van der Waals surface area contributed by atoms with Gasteiger partial charge in [0.2, 0.25) is 5.88 Å². The quantitative estimate of drug-likeness (QED) is 0.649. The highest BCUT2D eigenvalue weighted by Crippen LogP contribution is 2.14. The lowest BCUT2D eigenvalue weighted by Crippen LogP contribution is -2.03. The Morgan fingerprint density at radius 1 is 1.57 bits per heavy atom. The molecule has 0 spiro atoms. The van der Waals surface area contributed by atoms with Crippen molar-refractivity contribution in [3.8, 4) is 0 Å². The molecule has 0 saturated heterocycles. The van der Waals surface area contributed by atoms with Crippen molar-refractivity contribution in [1.82, 2.24) is 0 Å². The lowest BCUT2D eigenvalue weighted by Gasteiger charge is -2.04. The minimum absolute atomic E-state index is 0.325. The number of ether oxygens (including phenoxy) is 2. The van der Waals surface area contributed by atoms with Crippen LogP contribution in [0.3, 0.4) is 0 Å². The summed E-state index contributed by atoms with van der Waals surface area (Å²) in [5.74, 6) is 1.15. The summed E-state index contributed by atoms with van der Waals surface area (Å²) in [5, 5.41) is 0. The van der Waals surface area contributed by atoms with Crippen molar-refractivity contribution < 1.29 is 9.47 Å². The Bertz CT molecular complexity index is 211. The summed E-state index contributed by atoms with van der Waals surface area (Å²) in [4.78, 5) is 4.27. The number of aliphatic imine (C=N–C) groups is 1. The van der Waals surface area contributed by atoms with E-state index in [1.165, 1.54) is 0 Å². The molecule has 1 aliphatic heterocycles. The first-order valence-electron chi connectivity index (χ1n) is 5.31. The summed E-state index contributed by atoms with van der Waals surface area (Å²) in [6, 6.07) is 0. The molecule has 0 aromatic heterocycles. The maximum Gasteiger partial charge on any atom is 0.211 e. The Hall–Kier alpha value is -0.830. The number of unbranched alkanes of at least 4 members (excludes halogenated alkanes) is 1. The van der Waals surface area contributed by atoms with E-state index in [0.717, 1.165) is 25.9 Å². The van der Waals surface area contributed by atoms with Crippen molar-refractivity contribution >= 4 is 6.21 Å². The van der Waals surface area contributed by atoms with Gasteiger partial charge in [0, 0.05) is 12.1 Å². The van der Waals surface area contributed by atoms with Crippen LogP contribution in [0.1, 0.15) is 33.1 Å². The van der Waals surface area contributed by atoms with Crippen LogP contribution in [0.4, 0.5) is 0 Å². The maximum atomic E-state index is 5.32. The van der Waals surface area contributed by atoms with Crippen molar-refractivity contribution in [2.75, 3.05) is 13.4 Å². The molecule has 0 saturated carbocycles. The monoisotopic (exact) mass is 197 g/mol. The van der Waals surface area contributed by atoms with Crippen molar-refractivity contribution in [3.05, 3.63) is 12.0 Å². The molecule has 0 radical (unpaired) electrons. The zero-order valence-electron chi connectivity index (χ0n) is 9.03. The largest absolute Gasteiger partial charge is 0.451 e. The number of rotatable bonds is 4. The van der Waals surface area contributed by atoms with Gasteiger partial charge in [-0.2, -0.15) is 0 Å². The fourth-order valence-corrected chi connectivity index (χ4v) is 1.20. The van der Waals surface area contributed by atoms with Crippen LogP contribution >= 0.6 is 0 Å². The first kappa shape index (κ1) is 11.2. The van der Waals surface area contributed by atoms with E-state index in [-0.39, 0.29) is 0 Å². The predicted octanol–water partition coefficient (Wildman–Crippen LogP) is 2.73. The molecule has 80 valence electrons. The minimum atomic E-state index is 0.325. The molecular weight excluding hydrogens is 178 g/mol. The van der Waals surface area contributed by atoms with Crippen LogP contribution < -0.4 is 0 Å². The average molecular weight is 197 g/mol. The molecule has 0 aromatic carbocycles. The number of hydrogen-bond acceptors (Lipinski definition) is 3. The average Bonchev–Trinajstić information content (AvgIpc) is 2.43. The summed E-state index contributed by atoms with van der Waals surface area (Å²) in [6.45, 7) is 5.34. The van der Waals surface area contributed by atoms with Crippen LogP contribution in [-0.2, 0) is 9.47 Å². The highest BCUT2D eigenvalue weighted by molar-refractivity contribution is 5.58. The summed E-state index contributed by atoms with van der Waals surface area (Å²) < 4.78 is 10.6. The lowest BCUT2D eigenvalue weighted by atomic mass is 10.1.